The minimum Gasteiger partial charge on any atom is -0.309 e. The fourth-order valence-corrected chi connectivity index (χ4v) is 4.72. The first-order valence-electron chi connectivity index (χ1n) is 10.3. The van der Waals surface area contributed by atoms with Gasteiger partial charge in [0, 0.05) is 30.3 Å². The minimum atomic E-state index is -3.75. The van der Waals surface area contributed by atoms with Crippen molar-refractivity contribution >= 4 is 27.5 Å². The van der Waals surface area contributed by atoms with Crippen LogP contribution < -0.4 is 10.0 Å². The van der Waals surface area contributed by atoms with Gasteiger partial charge in [-0.05, 0) is 31.4 Å². The van der Waals surface area contributed by atoms with Gasteiger partial charge in [-0.1, -0.05) is 44.2 Å². The van der Waals surface area contributed by atoms with Crippen LogP contribution in [0.4, 0.5) is 5.82 Å². The van der Waals surface area contributed by atoms with Crippen LogP contribution in [0.2, 0.25) is 0 Å². The first-order chi connectivity index (χ1) is 14.3. The molecule has 30 heavy (non-hydrogen) atoms. The third kappa shape index (κ3) is 6.24. The number of ketones is 1. The Labute approximate surface area is 176 Å². The van der Waals surface area contributed by atoms with Gasteiger partial charge in [0.2, 0.25) is 15.9 Å². The van der Waals surface area contributed by atoms with E-state index in [1.54, 1.807) is 0 Å². The van der Waals surface area contributed by atoms with Gasteiger partial charge in [0.05, 0.1) is 4.90 Å². The van der Waals surface area contributed by atoms with Crippen molar-refractivity contribution in [1.82, 2.24) is 14.9 Å². The number of rotatable bonds is 9. The topological polar surface area (TPSA) is 121 Å². The van der Waals surface area contributed by atoms with Gasteiger partial charge in [-0.15, -0.1) is 0 Å². The van der Waals surface area contributed by atoms with E-state index in [9.17, 15) is 18.0 Å². The third-order valence-corrected chi connectivity index (χ3v) is 6.82. The van der Waals surface area contributed by atoms with E-state index in [0.29, 0.717) is 17.3 Å². The molecule has 1 aliphatic rings. The molecule has 1 aliphatic carbocycles. The van der Waals surface area contributed by atoms with Crippen molar-refractivity contribution in [3.05, 3.63) is 41.6 Å². The minimum absolute atomic E-state index is 0.0183. The first-order valence-corrected chi connectivity index (χ1v) is 11.8. The normalized spacial score (nSPS) is 15.1. The van der Waals surface area contributed by atoms with Gasteiger partial charge in [0.15, 0.2) is 11.6 Å². The van der Waals surface area contributed by atoms with Crippen molar-refractivity contribution < 1.29 is 18.0 Å². The Bertz CT molecular complexity index is 977. The molecule has 0 saturated heterocycles. The molecule has 1 fully saturated rings. The Morgan fingerprint density at radius 3 is 2.50 bits per heavy atom. The molecule has 9 heteroatoms. The summed E-state index contributed by atoms with van der Waals surface area (Å²) in [6.45, 7) is 1.38. The van der Waals surface area contributed by atoms with Crippen LogP contribution in [0.25, 0.3) is 0 Å². The molecule has 1 aromatic carbocycles. The number of carbonyl (C=O) groups excluding carboxylic acids is 2. The number of sulfonamides is 1. The van der Waals surface area contributed by atoms with Crippen molar-refractivity contribution in [2.24, 2.45) is 5.92 Å². The van der Waals surface area contributed by atoms with Crippen molar-refractivity contribution in [2.45, 2.75) is 56.8 Å². The lowest BCUT2D eigenvalue weighted by molar-refractivity contribution is -0.116. The number of Topliss-reactive ketones (excluding diaryl/α,β-unsaturated/α-hetero) is 1. The summed E-state index contributed by atoms with van der Waals surface area (Å²) in [5, 5.41) is 9.79. The Morgan fingerprint density at radius 1 is 1.13 bits per heavy atom. The van der Waals surface area contributed by atoms with E-state index in [0.717, 1.165) is 12.1 Å². The van der Waals surface area contributed by atoms with Crippen LogP contribution in [0.5, 0.6) is 0 Å². The van der Waals surface area contributed by atoms with Crippen LogP contribution in [0.3, 0.4) is 0 Å². The molecule has 1 amide bonds. The van der Waals surface area contributed by atoms with Crippen molar-refractivity contribution in [3.8, 4) is 0 Å². The number of aromatic nitrogens is 2. The Balaban J connectivity index is 1.44. The van der Waals surface area contributed by atoms with Crippen LogP contribution in [0.15, 0.2) is 35.2 Å². The van der Waals surface area contributed by atoms with E-state index in [2.05, 4.69) is 20.2 Å². The lowest BCUT2D eigenvalue weighted by Gasteiger charge is -2.20. The summed E-state index contributed by atoms with van der Waals surface area (Å²) >= 11 is 0. The molecule has 0 bridgehead atoms. The van der Waals surface area contributed by atoms with Gasteiger partial charge in [0.25, 0.3) is 0 Å². The number of aromatic amines is 1. The Kier molecular flexibility index (Phi) is 7.38. The number of nitrogens with zero attached hydrogens (tertiary/aromatic N) is 1. The lowest BCUT2D eigenvalue weighted by atomic mass is 9.86. The molecule has 3 rings (SSSR count). The number of H-pyrrole nitrogens is 1. The Morgan fingerprint density at radius 2 is 1.83 bits per heavy atom. The molecule has 8 nitrogen and oxygen atoms in total. The summed E-state index contributed by atoms with van der Waals surface area (Å²) in [6, 6.07) is 7.51. The highest BCUT2D eigenvalue weighted by Crippen LogP contribution is 2.26. The van der Waals surface area contributed by atoms with Gasteiger partial charge >= 0.3 is 0 Å². The Hall–Kier alpha value is -2.52. The highest BCUT2D eigenvalue weighted by Gasteiger charge is 2.17. The predicted molar refractivity (Wildman–Crippen MR) is 114 cm³/mol. The third-order valence-electron chi connectivity index (χ3n) is 5.35. The second-order valence-corrected chi connectivity index (χ2v) is 9.53. The number of benzene rings is 1. The number of hydrogen-bond donors (Lipinski definition) is 3. The first kappa shape index (κ1) is 22.2. The molecule has 0 spiro atoms. The molecule has 0 radical (unpaired) electrons. The summed E-state index contributed by atoms with van der Waals surface area (Å²) in [7, 11) is -3.75. The van der Waals surface area contributed by atoms with E-state index in [1.807, 2.05) is 6.07 Å². The second-order valence-electron chi connectivity index (χ2n) is 7.76. The summed E-state index contributed by atoms with van der Waals surface area (Å²) in [6.07, 6.45) is 7.25. The molecule has 1 saturated carbocycles. The average Bonchev–Trinajstić information content (AvgIpc) is 3.15. The van der Waals surface area contributed by atoms with Gasteiger partial charge < -0.3 is 5.32 Å². The van der Waals surface area contributed by atoms with E-state index < -0.39 is 10.0 Å². The standard InChI is InChI=1S/C21H28N4O4S/c1-15(26)17-7-9-19(10-8-17)30(28,29)22-12-11-21(27)23-20-14-18(24-25-20)13-16-5-3-2-4-6-16/h7-10,14,16,22H,2-6,11-13H2,1H3,(H2,23,24,25,27). The maximum absolute atomic E-state index is 12.3. The zero-order valence-corrected chi connectivity index (χ0v) is 17.9. The fourth-order valence-electron chi connectivity index (χ4n) is 3.69. The number of nitrogens with one attached hydrogen (secondary N) is 3. The largest absolute Gasteiger partial charge is 0.309 e. The maximum atomic E-state index is 12.3. The fraction of sp³-hybridized carbons (Fsp3) is 0.476. The number of carbonyl (C=O) groups is 2. The smallest absolute Gasteiger partial charge is 0.240 e. The molecule has 1 aromatic heterocycles. The van der Waals surface area contributed by atoms with E-state index >= 15 is 0 Å². The van der Waals surface area contributed by atoms with Crippen LogP contribution in [-0.4, -0.2) is 36.9 Å². The van der Waals surface area contributed by atoms with Crippen molar-refractivity contribution in [1.29, 1.82) is 0 Å². The van der Waals surface area contributed by atoms with Crippen LogP contribution in [-0.2, 0) is 21.2 Å². The van der Waals surface area contributed by atoms with Gasteiger partial charge in [-0.3, -0.25) is 14.7 Å². The van der Waals surface area contributed by atoms with Crippen LogP contribution in [0.1, 0.15) is 61.5 Å². The molecule has 3 N–H and O–H groups in total. The number of anilines is 1. The van der Waals surface area contributed by atoms with E-state index in [-0.39, 0.29) is 29.6 Å². The van der Waals surface area contributed by atoms with Crippen molar-refractivity contribution in [3.63, 3.8) is 0 Å². The lowest BCUT2D eigenvalue weighted by Crippen LogP contribution is -2.28. The van der Waals surface area contributed by atoms with Gasteiger partial charge in [-0.2, -0.15) is 5.10 Å². The number of amides is 1. The van der Waals surface area contributed by atoms with Crippen molar-refractivity contribution in [2.75, 3.05) is 11.9 Å². The van der Waals surface area contributed by atoms with Crippen LogP contribution in [0, 0.1) is 5.92 Å². The highest BCUT2D eigenvalue weighted by molar-refractivity contribution is 7.89. The predicted octanol–water partition coefficient (Wildman–Crippen LogP) is 3.04. The zero-order valence-electron chi connectivity index (χ0n) is 17.1. The summed E-state index contributed by atoms with van der Waals surface area (Å²) in [5.41, 5.74) is 1.45. The van der Waals surface area contributed by atoms with Crippen LogP contribution >= 0.6 is 0 Å². The molecule has 2 aromatic rings. The SMILES string of the molecule is CC(=O)c1ccc(S(=O)(=O)NCCC(=O)Nc2cc(CC3CCCCC3)[nH]n2)cc1. The maximum Gasteiger partial charge on any atom is 0.240 e. The molecular weight excluding hydrogens is 404 g/mol. The van der Waals surface area contributed by atoms with E-state index in [1.165, 1.54) is 63.3 Å². The second kappa shape index (κ2) is 9.99. The highest BCUT2D eigenvalue weighted by atomic mass is 32.2. The number of hydrogen-bond acceptors (Lipinski definition) is 5. The summed E-state index contributed by atoms with van der Waals surface area (Å²) in [5.74, 6) is 0.666. The quantitative estimate of drug-likeness (QED) is 0.526. The average molecular weight is 433 g/mol. The molecule has 1 heterocycles. The monoisotopic (exact) mass is 432 g/mol. The van der Waals surface area contributed by atoms with Gasteiger partial charge in [0.1, 0.15) is 0 Å². The van der Waals surface area contributed by atoms with Gasteiger partial charge in [-0.25, -0.2) is 13.1 Å². The zero-order chi connectivity index (χ0) is 21.6. The molecule has 162 valence electrons. The molecular formula is C21H28N4O4S. The summed E-state index contributed by atoms with van der Waals surface area (Å²) in [4.78, 5) is 23.5. The molecule has 0 unspecified atom stereocenters. The molecule has 0 atom stereocenters. The van der Waals surface area contributed by atoms with E-state index in [4.69, 9.17) is 0 Å². The molecule has 0 aliphatic heterocycles. The summed E-state index contributed by atoms with van der Waals surface area (Å²) < 4.78 is 27.0.